The molecule has 2 aliphatic rings. The molecule has 15 heteroatoms. The summed E-state index contributed by atoms with van der Waals surface area (Å²) < 4.78 is 71.8. The minimum absolute atomic E-state index is 0.0116. The Bertz CT molecular complexity index is 1660. The number of halogens is 3. The first-order valence-electron chi connectivity index (χ1n) is 11.8. The molecular weight excluding hydrogens is 553 g/mol. The first kappa shape index (κ1) is 27.2. The topological polar surface area (TPSA) is 138 Å². The van der Waals surface area contributed by atoms with Gasteiger partial charge >= 0.3 is 6.18 Å². The lowest BCUT2D eigenvalue weighted by molar-refractivity contribution is -0.137. The van der Waals surface area contributed by atoms with Crippen molar-refractivity contribution in [2.24, 2.45) is 0 Å². The number of alkyl halides is 3. The molecule has 1 aromatic heterocycles. The third-order valence-electron chi connectivity index (χ3n) is 6.86. The number of anilines is 2. The number of aromatic nitrogens is 2. The normalized spacial score (nSPS) is 19.1. The summed E-state index contributed by atoms with van der Waals surface area (Å²) in [5.41, 5.74) is -0.623. The Hall–Kier alpha value is -4.42. The van der Waals surface area contributed by atoms with Crippen LogP contribution in [0.3, 0.4) is 0 Å². The van der Waals surface area contributed by atoms with Gasteiger partial charge in [-0.15, -0.1) is 0 Å². The van der Waals surface area contributed by atoms with Crippen molar-refractivity contribution < 1.29 is 35.9 Å². The van der Waals surface area contributed by atoms with E-state index in [0.717, 1.165) is 30.5 Å². The molecule has 1 fully saturated rings. The number of carbonyl (C=O) groups excluding carboxylic acids is 2. The number of hydrogen-bond donors (Lipinski definition) is 1. The Morgan fingerprint density at radius 1 is 1.15 bits per heavy atom. The molecule has 1 saturated heterocycles. The molecule has 40 heavy (non-hydrogen) atoms. The van der Waals surface area contributed by atoms with Crippen molar-refractivity contribution in [1.29, 1.82) is 5.26 Å². The molecule has 2 atom stereocenters. The molecule has 1 N–H and O–H groups in total. The van der Waals surface area contributed by atoms with Gasteiger partial charge in [-0.25, -0.2) is 8.42 Å². The molecule has 3 aromatic rings. The van der Waals surface area contributed by atoms with Gasteiger partial charge in [-0.2, -0.15) is 27.8 Å². The molecule has 2 aromatic carbocycles. The number of fused-ring (bicyclic) bond motifs is 3. The van der Waals surface area contributed by atoms with Gasteiger partial charge in [0.05, 0.1) is 48.5 Å². The van der Waals surface area contributed by atoms with Crippen LogP contribution >= 0.6 is 0 Å². The van der Waals surface area contributed by atoms with E-state index in [9.17, 15) is 36.4 Å². The zero-order valence-corrected chi connectivity index (χ0v) is 21.8. The first-order valence-corrected chi connectivity index (χ1v) is 13.6. The lowest BCUT2D eigenvalue weighted by Gasteiger charge is -2.37. The fourth-order valence-corrected chi connectivity index (χ4v) is 5.78. The quantitative estimate of drug-likeness (QED) is 0.495. The second-order valence-corrected chi connectivity index (χ2v) is 11.2. The maximum absolute atomic E-state index is 13.8. The largest absolute Gasteiger partial charge is 0.495 e. The molecule has 2 amide bonds. The van der Waals surface area contributed by atoms with E-state index in [1.54, 1.807) is 0 Å². The average Bonchev–Trinajstić information content (AvgIpc) is 3.53. The second-order valence-electron chi connectivity index (χ2n) is 9.27. The molecule has 5 rings (SSSR count). The summed E-state index contributed by atoms with van der Waals surface area (Å²) in [4.78, 5) is 28.1. The molecule has 208 valence electrons. The number of amides is 2. The van der Waals surface area contributed by atoms with Gasteiger partial charge in [0.25, 0.3) is 11.8 Å². The van der Waals surface area contributed by atoms with Crippen molar-refractivity contribution in [3.8, 4) is 11.8 Å². The number of carbonyl (C=O) groups is 2. The first-order chi connectivity index (χ1) is 18.8. The Morgan fingerprint density at radius 3 is 2.42 bits per heavy atom. The highest BCUT2D eigenvalue weighted by molar-refractivity contribution is 7.88. The summed E-state index contributed by atoms with van der Waals surface area (Å²) in [6.07, 6.45) is -2.32. The van der Waals surface area contributed by atoms with Crippen LogP contribution in [-0.4, -0.2) is 66.8 Å². The van der Waals surface area contributed by atoms with E-state index < -0.39 is 45.7 Å². The number of nitriles is 1. The van der Waals surface area contributed by atoms with E-state index in [1.807, 2.05) is 6.07 Å². The van der Waals surface area contributed by atoms with Crippen LogP contribution in [0, 0.1) is 11.3 Å². The number of hydrogen-bond acceptors (Lipinski definition) is 7. The molecule has 0 radical (unpaired) electrons. The number of nitrogens with one attached hydrogen (secondary N) is 1. The van der Waals surface area contributed by atoms with Gasteiger partial charge in [0.2, 0.25) is 10.0 Å². The molecule has 0 spiro atoms. The standard InChI is InChI=1S/C25H21F3N6O5S/c1-39-21-8-3-14(9-15(21)10-29)23(35)31-18-11-30-34-20-13-32(40(2,37)38)12-19(20)33(24(36)22(18)34)17-6-4-16(5-7-17)25(26,27)28/h3-9,11,19-20H,12-13H2,1-2H3,(H,31,35)/t19-,20-/m0/s1. The predicted octanol–water partition coefficient (Wildman–Crippen LogP) is 2.88. The van der Waals surface area contributed by atoms with Gasteiger partial charge in [0.1, 0.15) is 11.8 Å². The molecule has 0 bridgehead atoms. The van der Waals surface area contributed by atoms with E-state index in [4.69, 9.17) is 4.74 Å². The highest BCUT2D eigenvalue weighted by atomic mass is 32.2. The average molecular weight is 575 g/mol. The lowest BCUT2D eigenvalue weighted by atomic mass is 10.0. The molecule has 0 unspecified atom stereocenters. The number of benzene rings is 2. The van der Waals surface area contributed by atoms with Crippen LogP contribution in [0.2, 0.25) is 0 Å². The summed E-state index contributed by atoms with van der Waals surface area (Å²) in [7, 11) is -2.29. The zero-order chi connectivity index (χ0) is 29.0. The second kappa shape index (κ2) is 9.65. The van der Waals surface area contributed by atoms with E-state index in [1.165, 1.54) is 45.4 Å². The molecule has 2 aliphatic heterocycles. The number of methoxy groups -OCH3 is 1. The maximum Gasteiger partial charge on any atom is 0.416 e. The molecule has 11 nitrogen and oxygen atoms in total. The number of sulfonamides is 1. The van der Waals surface area contributed by atoms with E-state index in [0.29, 0.717) is 0 Å². The number of nitrogens with zero attached hydrogens (tertiary/aromatic N) is 5. The van der Waals surface area contributed by atoms with Crippen LogP contribution in [0.4, 0.5) is 24.5 Å². The van der Waals surface area contributed by atoms with Crippen LogP contribution in [0.5, 0.6) is 5.75 Å². The summed E-state index contributed by atoms with van der Waals surface area (Å²) in [5, 5.41) is 16.2. The van der Waals surface area contributed by atoms with Crippen molar-refractivity contribution >= 4 is 33.2 Å². The molecule has 0 saturated carbocycles. The van der Waals surface area contributed by atoms with Gasteiger partial charge in [-0.3, -0.25) is 14.3 Å². The van der Waals surface area contributed by atoms with Gasteiger partial charge in [0.15, 0.2) is 5.69 Å². The lowest BCUT2D eigenvalue weighted by Crippen LogP contribution is -2.51. The molecular formula is C25H21F3N6O5S. The maximum atomic E-state index is 13.8. The predicted molar refractivity (Wildman–Crippen MR) is 135 cm³/mol. The van der Waals surface area contributed by atoms with Crippen LogP contribution in [0.25, 0.3) is 0 Å². The van der Waals surface area contributed by atoms with Crippen molar-refractivity contribution in [2.75, 3.05) is 36.7 Å². The van der Waals surface area contributed by atoms with Crippen molar-refractivity contribution in [3.63, 3.8) is 0 Å². The fraction of sp³-hybridized carbons (Fsp3) is 0.280. The summed E-state index contributed by atoms with van der Waals surface area (Å²) in [5.74, 6) is -1.07. The summed E-state index contributed by atoms with van der Waals surface area (Å²) >= 11 is 0. The Balaban J connectivity index is 1.54. The smallest absolute Gasteiger partial charge is 0.416 e. The Kier molecular flexibility index (Phi) is 6.55. The molecule has 0 aliphatic carbocycles. The van der Waals surface area contributed by atoms with Crippen molar-refractivity contribution in [2.45, 2.75) is 18.3 Å². The van der Waals surface area contributed by atoms with Crippen LogP contribution < -0.4 is 15.0 Å². The van der Waals surface area contributed by atoms with Gasteiger partial charge in [-0.1, -0.05) is 0 Å². The molecule has 3 heterocycles. The zero-order valence-electron chi connectivity index (χ0n) is 21.0. The summed E-state index contributed by atoms with van der Waals surface area (Å²) in [6.45, 7) is -0.139. The van der Waals surface area contributed by atoms with Gasteiger partial charge in [-0.05, 0) is 42.5 Å². The van der Waals surface area contributed by atoms with E-state index >= 15 is 0 Å². The van der Waals surface area contributed by atoms with Crippen LogP contribution in [-0.2, 0) is 16.2 Å². The third-order valence-corrected chi connectivity index (χ3v) is 8.10. The monoisotopic (exact) mass is 574 g/mol. The van der Waals surface area contributed by atoms with Crippen LogP contribution in [0.15, 0.2) is 48.7 Å². The van der Waals surface area contributed by atoms with Crippen molar-refractivity contribution in [3.05, 3.63) is 71.0 Å². The third kappa shape index (κ3) is 4.65. The minimum Gasteiger partial charge on any atom is -0.495 e. The minimum atomic E-state index is -4.59. The van der Waals surface area contributed by atoms with Crippen molar-refractivity contribution in [1.82, 2.24) is 14.1 Å². The van der Waals surface area contributed by atoms with E-state index in [2.05, 4.69) is 10.4 Å². The summed E-state index contributed by atoms with van der Waals surface area (Å²) in [6, 6.07) is 8.64. The highest BCUT2D eigenvalue weighted by Gasteiger charge is 2.50. The Labute approximate surface area is 226 Å². The van der Waals surface area contributed by atoms with Gasteiger partial charge in [0, 0.05) is 24.3 Å². The van der Waals surface area contributed by atoms with E-state index in [-0.39, 0.29) is 47.0 Å². The Morgan fingerprint density at radius 2 is 1.82 bits per heavy atom. The van der Waals surface area contributed by atoms with Gasteiger partial charge < -0.3 is 15.0 Å². The fourth-order valence-electron chi connectivity index (χ4n) is 4.93. The highest BCUT2D eigenvalue weighted by Crippen LogP contribution is 2.40. The number of rotatable bonds is 5. The SMILES string of the molecule is COc1ccc(C(=O)Nc2cnn3c2C(=O)N(c2ccc(C(F)(F)F)cc2)[C@H]2CN(S(C)(=O)=O)C[C@@H]23)cc1C#N. The van der Waals surface area contributed by atoms with Crippen LogP contribution in [0.1, 0.15) is 38.0 Å². The number of ether oxygens (including phenoxy) is 1.